The van der Waals surface area contributed by atoms with Crippen molar-refractivity contribution >= 4 is 34.7 Å². The summed E-state index contributed by atoms with van der Waals surface area (Å²) in [7, 11) is 0. The van der Waals surface area contributed by atoms with Crippen molar-refractivity contribution in [3.8, 4) is 0 Å². The summed E-state index contributed by atoms with van der Waals surface area (Å²) in [6.45, 7) is 7.91. The number of hydrogen-bond donors (Lipinski definition) is 0. The van der Waals surface area contributed by atoms with Crippen LogP contribution in [0.5, 0.6) is 0 Å². The van der Waals surface area contributed by atoms with E-state index in [0.717, 1.165) is 43.0 Å². The van der Waals surface area contributed by atoms with Gasteiger partial charge in [0.05, 0.1) is 15.7 Å². The summed E-state index contributed by atoms with van der Waals surface area (Å²) in [5.41, 5.74) is 2.01. The molecule has 1 heterocycles. The van der Waals surface area contributed by atoms with E-state index in [0.29, 0.717) is 10.0 Å². The summed E-state index contributed by atoms with van der Waals surface area (Å²) in [6, 6.07) is 5.47. The first-order valence-corrected chi connectivity index (χ1v) is 6.74. The van der Waals surface area contributed by atoms with Crippen molar-refractivity contribution in [3.63, 3.8) is 0 Å². The van der Waals surface area contributed by atoms with E-state index in [-0.39, 0.29) is 0 Å². The smallest absolute Gasteiger partial charge is 0.105 e. The Bertz CT molecular complexity index is 495. The molecule has 1 fully saturated rings. The van der Waals surface area contributed by atoms with E-state index < -0.39 is 0 Å². The summed E-state index contributed by atoms with van der Waals surface area (Å²) in [5.74, 6) is 1.11. The predicted molar refractivity (Wildman–Crippen MR) is 79.2 cm³/mol. The number of halogens is 2. The molecule has 96 valence electrons. The molecule has 0 amide bonds. The Kier molecular flexibility index (Phi) is 4.31. The fourth-order valence-corrected chi connectivity index (χ4v) is 2.33. The lowest BCUT2D eigenvalue weighted by Crippen LogP contribution is -2.26. The second-order valence-corrected chi connectivity index (χ2v) is 5.42. The Labute approximate surface area is 118 Å². The quantitative estimate of drug-likeness (QED) is 0.734. The van der Waals surface area contributed by atoms with E-state index >= 15 is 0 Å². The molecule has 4 heteroatoms. The van der Waals surface area contributed by atoms with E-state index in [9.17, 15) is 0 Å². The van der Waals surface area contributed by atoms with Gasteiger partial charge >= 0.3 is 0 Å². The molecule has 0 saturated carbocycles. The Balaban J connectivity index is 2.20. The molecule has 1 aliphatic heterocycles. The minimum absolute atomic E-state index is 0.544. The molecule has 0 spiro atoms. The molecule has 0 aromatic heterocycles. The molecule has 18 heavy (non-hydrogen) atoms. The molecule has 1 aliphatic rings. The van der Waals surface area contributed by atoms with Crippen LogP contribution in [0.25, 0.3) is 0 Å². The Hall–Kier alpha value is -0.990. The molecule has 0 bridgehead atoms. The van der Waals surface area contributed by atoms with Crippen LogP contribution in [0.2, 0.25) is 10.0 Å². The molecular formula is C14H16Cl2N2. The number of hydrogen-bond acceptors (Lipinski definition) is 1. The zero-order chi connectivity index (χ0) is 13.1. The lowest BCUT2D eigenvalue weighted by Gasteiger charge is -2.18. The summed E-state index contributed by atoms with van der Waals surface area (Å²) < 4.78 is 0. The van der Waals surface area contributed by atoms with Crippen LogP contribution in [-0.2, 0) is 0 Å². The van der Waals surface area contributed by atoms with Gasteiger partial charge in [0.2, 0.25) is 0 Å². The fourth-order valence-electron chi connectivity index (χ4n) is 2.04. The van der Waals surface area contributed by atoms with Gasteiger partial charge in [0, 0.05) is 19.5 Å². The van der Waals surface area contributed by atoms with Gasteiger partial charge < -0.3 is 4.90 Å². The third kappa shape index (κ3) is 3.27. The van der Waals surface area contributed by atoms with Crippen LogP contribution in [0.4, 0.5) is 5.69 Å². The van der Waals surface area contributed by atoms with Crippen molar-refractivity contribution < 1.29 is 0 Å². The van der Waals surface area contributed by atoms with Crippen molar-refractivity contribution in [1.82, 2.24) is 4.90 Å². The lowest BCUT2D eigenvalue weighted by molar-refractivity contribution is 0.491. The number of nitrogens with zero attached hydrogens (tertiary/aromatic N) is 2. The Morgan fingerprint density at radius 1 is 1.39 bits per heavy atom. The highest BCUT2D eigenvalue weighted by Gasteiger charge is 2.18. The van der Waals surface area contributed by atoms with Gasteiger partial charge in [-0.3, -0.25) is 0 Å². The molecule has 1 saturated heterocycles. The summed E-state index contributed by atoms with van der Waals surface area (Å²) in [4.78, 5) is 6.92. The van der Waals surface area contributed by atoms with Crippen LogP contribution in [0.1, 0.15) is 19.8 Å². The van der Waals surface area contributed by atoms with Crippen molar-refractivity contribution in [2.75, 3.05) is 13.1 Å². The lowest BCUT2D eigenvalue weighted by atomic mass is 10.3. The summed E-state index contributed by atoms with van der Waals surface area (Å²) >= 11 is 11.9. The van der Waals surface area contributed by atoms with Gasteiger partial charge in [-0.15, -0.1) is 0 Å². The van der Waals surface area contributed by atoms with Gasteiger partial charge in [-0.2, -0.15) is 0 Å². The normalized spacial score (nSPS) is 17.5. The van der Waals surface area contributed by atoms with E-state index in [4.69, 9.17) is 23.2 Å². The standard InChI is InChI=1S/C14H16Cl2N2/c1-10(2)9-18-7-3-4-14(18)17-11-5-6-12(15)13(16)8-11/h5-6,8H,1,3-4,7,9H2,2H3. The Morgan fingerprint density at radius 2 is 2.17 bits per heavy atom. The van der Waals surface area contributed by atoms with Crippen molar-refractivity contribution in [2.45, 2.75) is 19.8 Å². The topological polar surface area (TPSA) is 15.6 Å². The largest absolute Gasteiger partial charge is 0.356 e. The van der Waals surface area contributed by atoms with Crippen LogP contribution >= 0.6 is 23.2 Å². The monoisotopic (exact) mass is 282 g/mol. The minimum Gasteiger partial charge on any atom is -0.356 e. The fraction of sp³-hybridized carbons (Fsp3) is 0.357. The number of rotatable bonds is 3. The summed E-state index contributed by atoms with van der Waals surface area (Å²) in [6.07, 6.45) is 2.15. The molecular weight excluding hydrogens is 267 g/mol. The van der Waals surface area contributed by atoms with Gasteiger partial charge in [0.1, 0.15) is 5.84 Å². The third-order valence-electron chi connectivity index (χ3n) is 2.82. The zero-order valence-corrected chi connectivity index (χ0v) is 11.9. The molecule has 0 atom stereocenters. The second kappa shape index (κ2) is 5.77. The maximum atomic E-state index is 5.99. The minimum atomic E-state index is 0.544. The first-order valence-electron chi connectivity index (χ1n) is 5.98. The first kappa shape index (κ1) is 13.4. The van der Waals surface area contributed by atoms with Crippen LogP contribution in [0, 0.1) is 0 Å². The van der Waals surface area contributed by atoms with E-state index in [1.807, 2.05) is 13.0 Å². The maximum Gasteiger partial charge on any atom is 0.105 e. The van der Waals surface area contributed by atoms with Crippen molar-refractivity contribution in [1.29, 1.82) is 0 Å². The molecule has 2 rings (SSSR count). The number of likely N-dealkylation sites (tertiary alicyclic amines) is 1. The highest BCUT2D eigenvalue weighted by atomic mass is 35.5. The second-order valence-electron chi connectivity index (χ2n) is 4.61. The highest BCUT2D eigenvalue weighted by Crippen LogP contribution is 2.27. The number of amidine groups is 1. The molecule has 0 unspecified atom stereocenters. The first-order chi connectivity index (χ1) is 8.56. The Morgan fingerprint density at radius 3 is 2.83 bits per heavy atom. The van der Waals surface area contributed by atoms with Crippen LogP contribution in [0.3, 0.4) is 0 Å². The van der Waals surface area contributed by atoms with Crippen molar-refractivity contribution in [3.05, 3.63) is 40.4 Å². The molecule has 0 N–H and O–H groups in total. The van der Waals surface area contributed by atoms with Gasteiger partial charge in [-0.05, 0) is 31.5 Å². The molecule has 0 radical (unpaired) electrons. The third-order valence-corrected chi connectivity index (χ3v) is 3.55. The van der Waals surface area contributed by atoms with Crippen molar-refractivity contribution in [2.24, 2.45) is 4.99 Å². The van der Waals surface area contributed by atoms with E-state index in [1.54, 1.807) is 12.1 Å². The highest BCUT2D eigenvalue weighted by molar-refractivity contribution is 6.42. The zero-order valence-electron chi connectivity index (χ0n) is 10.4. The molecule has 1 aromatic carbocycles. The SMILES string of the molecule is C=C(C)CN1CCCC1=Nc1ccc(Cl)c(Cl)c1. The van der Waals surface area contributed by atoms with Crippen LogP contribution in [-0.4, -0.2) is 23.8 Å². The van der Waals surface area contributed by atoms with Gasteiger partial charge in [-0.1, -0.05) is 35.4 Å². The van der Waals surface area contributed by atoms with E-state index in [2.05, 4.69) is 16.5 Å². The van der Waals surface area contributed by atoms with Gasteiger partial charge in [0.15, 0.2) is 0 Å². The van der Waals surface area contributed by atoms with E-state index in [1.165, 1.54) is 0 Å². The number of aliphatic imine (C=N–C) groups is 1. The van der Waals surface area contributed by atoms with Crippen LogP contribution in [0.15, 0.2) is 35.3 Å². The molecule has 2 nitrogen and oxygen atoms in total. The predicted octanol–water partition coefficient (Wildman–Crippen LogP) is 4.70. The average Bonchev–Trinajstić information content (AvgIpc) is 2.70. The van der Waals surface area contributed by atoms with Gasteiger partial charge in [0.25, 0.3) is 0 Å². The van der Waals surface area contributed by atoms with Gasteiger partial charge in [-0.25, -0.2) is 4.99 Å². The summed E-state index contributed by atoms with van der Waals surface area (Å²) in [5, 5.41) is 1.11. The average molecular weight is 283 g/mol. The maximum absolute atomic E-state index is 5.99. The molecule has 1 aromatic rings. The molecule has 0 aliphatic carbocycles. The van der Waals surface area contributed by atoms with Crippen LogP contribution < -0.4 is 0 Å². The number of benzene rings is 1.